The number of para-hydroxylation sites is 1. The summed E-state index contributed by atoms with van der Waals surface area (Å²) in [5, 5.41) is 8.92. The quantitative estimate of drug-likeness (QED) is 0.895. The van der Waals surface area contributed by atoms with E-state index in [1.165, 1.54) is 0 Å². The summed E-state index contributed by atoms with van der Waals surface area (Å²) in [5.74, 6) is 0.144. The SMILES string of the molecule is CC(C)c1ccccc1OCc1ocnc1C(=O)O. The van der Waals surface area contributed by atoms with Crippen molar-refractivity contribution in [2.75, 3.05) is 0 Å². The van der Waals surface area contributed by atoms with E-state index in [2.05, 4.69) is 18.8 Å². The van der Waals surface area contributed by atoms with Crippen molar-refractivity contribution in [1.29, 1.82) is 0 Å². The van der Waals surface area contributed by atoms with Gasteiger partial charge >= 0.3 is 5.97 Å². The molecule has 0 aliphatic heterocycles. The van der Waals surface area contributed by atoms with E-state index in [1.54, 1.807) is 0 Å². The van der Waals surface area contributed by atoms with Crippen molar-refractivity contribution in [3.8, 4) is 5.75 Å². The molecular weight excluding hydrogens is 246 g/mol. The van der Waals surface area contributed by atoms with Crippen molar-refractivity contribution in [3.63, 3.8) is 0 Å². The zero-order valence-corrected chi connectivity index (χ0v) is 10.8. The molecule has 0 saturated heterocycles. The van der Waals surface area contributed by atoms with E-state index in [9.17, 15) is 4.79 Å². The lowest BCUT2D eigenvalue weighted by Gasteiger charge is -2.12. The van der Waals surface area contributed by atoms with Gasteiger partial charge in [-0.2, -0.15) is 0 Å². The predicted molar refractivity (Wildman–Crippen MR) is 68.3 cm³/mol. The molecule has 0 fully saturated rings. The highest BCUT2D eigenvalue weighted by Crippen LogP contribution is 2.26. The van der Waals surface area contributed by atoms with Crippen LogP contribution in [0, 0.1) is 0 Å². The van der Waals surface area contributed by atoms with Gasteiger partial charge in [0.15, 0.2) is 17.8 Å². The van der Waals surface area contributed by atoms with E-state index >= 15 is 0 Å². The molecule has 0 atom stereocenters. The Bertz CT molecular complexity index is 574. The fourth-order valence-corrected chi connectivity index (χ4v) is 1.78. The summed E-state index contributed by atoms with van der Waals surface area (Å²) in [7, 11) is 0. The van der Waals surface area contributed by atoms with Gasteiger partial charge in [0.2, 0.25) is 0 Å². The van der Waals surface area contributed by atoms with Crippen LogP contribution in [0.25, 0.3) is 0 Å². The summed E-state index contributed by atoms with van der Waals surface area (Å²) in [5.41, 5.74) is 0.959. The summed E-state index contributed by atoms with van der Waals surface area (Å²) in [4.78, 5) is 14.5. The molecule has 0 amide bonds. The lowest BCUT2D eigenvalue weighted by molar-refractivity contribution is 0.0686. The van der Waals surface area contributed by atoms with Crippen molar-refractivity contribution in [2.24, 2.45) is 0 Å². The molecule has 1 heterocycles. The van der Waals surface area contributed by atoms with Gasteiger partial charge in [0.25, 0.3) is 0 Å². The first kappa shape index (κ1) is 13.1. The van der Waals surface area contributed by atoms with E-state index in [-0.39, 0.29) is 18.1 Å². The van der Waals surface area contributed by atoms with E-state index < -0.39 is 5.97 Å². The van der Waals surface area contributed by atoms with Gasteiger partial charge in [-0.25, -0.2) is 9.78 Å². The molecular formula is C14H15NO4. The molecule has 0 radical (unpaired) electrons. The summed E-state index contributed by atoms with van der Waals surface area (Å²) in [6.45, 7) is 4.18. The minimum absolute atomic E-state index is 0.0470. The second kappa shape index (κ2) is 5.56. The number of rotatable bonds is 5. The minimum Gasteiger partial charge on any atom is -0.485 e. The van der Waals surface area contributed by atoms with Gasteiger partial charge in [-0.1, -0.05) is 32.0 Å². The summed E-state index contributed by atoms with van der Waals surface area (Å²) >= 11 is 0. The summed E-state index contributed by atoms with van der Waals surface area (Å²) < 4.78 is 10.7. The van der Waals surface area contributed by atoms with Crippen LogP contribution in [0.15, 0.2) is 35.1 Å². The summed E-state index contributed by atoms with van der Waals surface area (Å²) in [6.07, 6.45) is 1.11. The zero-order chi connectivity index (χ0) is 13.8. The highest BCUT2D eigenvalue weighted by atomic mass is 16.5. The van der Waals surface area contributed by atoms with Crippen molar-refractivity contribution in [1.82, 2.24) is 4.98 Å². The topological polar surface area (TPSA) is 72.6 Å². The number of carboxylic acids is 1. The van der Waals surface area contributed by atoms with E-state index in [0.29, 0.717) is 5.92 Å². The molecule has 0 aliphatic carbocycles. The van der Waals surface area contributed by atoms with Gasteiger partial charge in [0.05, 0.1) is 0 Å². The van der Waals surface area contributed by atoms with Crippen molar-refractivity contribution in [3.05, 3.63) is 47.7 Å². The highest BCUT2D eigenvalue weighted by Gasteiger charge is 2.16. The molecule has 100 valence electrons. The van der Waals surface area contributed by atoms with Crippen molar-refractivity contribution in [2.45, 2.75) is 26.4 Å². The Morgan fingerprint density at radius 2 is 2.16 bits per heavy atom. The monoisotopic (exact) mass is 261 g/mol. The molecule has 2 rings (SSSR count). The third-order valence-electron chi connectivity index (χ3n) is 2.74. The number of hydrogen-bond acceptors (Lipinski definition) is 4. The van der Waals surface area contributed by atoms with Gasteiger partial charge in [0.1, 0.15) is 12.4 Å². The van der Waals surface area contributed by atoms with Crippen LogP contribution >= 0.6 is 0 Å². The molecule has 0 spiro atoms. The Hall–Kier alpha value is -2.30. The Balaban J connectivity index is 2.15. The third-order valence-corrected chi connectivity index (χ3v) is 2.74. The average molecular weight is 261 g/mol. The Kier molecular flexibility index (Phi) is 3.85. The number of hydrogen-bond donors (Lipinski definition) is 1. The van der Waals surface area contributed by atoms with Crippen molar-refractivity contribution < 1.29 is 19.1 Å². The van der Waals surface area contributed by atoms with Gasteiger partial charge in [-0.3, -0.25) is 0 Å². The lowest BCUT2D eigenvalue weighted by atomic mass is 10.0. The van der Waals surface area contributed by atoms with Crippen LogP contribution in [0.5, 0.6) is 5.75 Å². The molecule has 5 nitrogen and oxygen atoms in total. The van der Waals surface area contributed by atoms with E-state index in [1.807, 2.05) is 24.3 Å². The number of ether oxygens (including phenoxy) is 1. The molecule has 0 unspecified atom stereocenters. The van der Waals surface area contributed by atoms with Gasteiger partial charge < -0.3 is 14.3 Å². The van der Waals surface area contributed by atoms with E-state index in [4.69, 9.17) is 14.3 Å². The fourth-order valence-electron chi connectivity index (χ4n) is 1.78. The molecule has 0 saturated carbocycles. The largest absolute Gasteiger partial charge is 0.485 e. The minimum atomic E-state index is -1.12. The molecule has 0 aliphatic rings. The first-order chi connectivity index (χ1) is 9.09. The Morgan fingerprint density at radius 3 is 2.84 bits per heavy atom. The Labute approximate surface area is 110 Å². The number of carboxylic acid groups (broad SMARTS) is 1. The van der Waals surface area contributed by atoms with Crippen LogP contribution < -0.4 is 4.74 Å². The normalized spacial score (nSPS) is 10.7. The smallest absolute Gasteiger partial charge is 0.358 e. The van der Waals surface area contributed by atoms with Gasteiger partial charge in [-0.05, 0) is 17.5 Å². The average Bonchev–Trinajstić information content (AvgIpc) is 2.85. The fraction of sp³-hybridized carbons (Fsp3) is 0.286. The molecule has 1 aromatic heterocycles. The summed E-state index contributed by atoms with van der Waals surface area (Å²) in [6, 6.07) is 7.66. The second-order valence-corrected chi connectivity index (χ2v) is 4.41. The predicted octanol–water partition coefficient (Wildman–Crippen LogP) is 3.08. The molecule has 1 aromatic carbocycles. The first-order valence-corrected chi connectivity index (χ1v) is 5.97. The van der Waals surface area contributed by atoms with Crippen LogP contribution in [0.3, 0.4) is 0 Å². The zero-order valence-electron chi connectivity index (χ0n) is 10.8. The third kappa shape index (κ3) is 2.93. The van der Waals surface area contributed by atoms with Crippen molar-refractivity contribution >= 4 is 5.97 Å². The maximum absolute atomic E-state index is 10.9. The molecule has 2 aromatic rings. The molecule has 5 heteroatoms. The first-order valence-electron chi connectivity index (χ1n) is 5.97. The highest BCUT2D eigenvalue weighted by molar-refractivity contribution is 5.86. The molecule has 1 N–H and O–H groups in total. The van der Waals surface area contributed by atoms with Crippen LogP contribution in [-0.2, 0) is 6.61 Å². The lowest BCUT2D eigenvalue weighted by Crippen LogP contribution is -2.05. The molecule has 19 heavy (non-hydrogen) atoms. The second-order valence-electron chi connectivity index (χ2n) is 4.41. The van der Waals surface area contributed by atoms with Crippen LogP contribution in [0.1, 0.15) is 41.6 Å². The van der Waals surface area contributed by atoms with Gasteiger partial charge in [0, 0.05) is 0 Å². The Morgan fingerprint density at radius 1 is 1.42 bits per heavy atom. The number of carbonyl (C=O) groups is 1. The van der Waals surface area contributed by atoms with Gasteiger partial charge in [-0.15, -0.1) is 0 Å². The number of aromatic carboxylic acids is 1. The number of oxazole rings is 1. The molecule has 0 bridgehead atoms. The number of nitrogens with zero attached hydrogens (tertiary/aromatic N) is 1. The number of benzene rings is 1. The van der Waals surface area contributed by atoms with Crippen LogP contribution in [0.4, 0.5) is 0 Å². The standard InChI is InChI=1S/C14H15NO4/c1-9(2)10-5-3-4-6-11(10)18-7-12-13(14(16)17)15-8-19-12/h3-6,8-9H,7H2,1-2H3,(H,16,17). The maximum Gasteiger partial charge on any atom is 0.358 e. The van der Waals surface area contributed by atoms with E-state index in [0.717, 1.165) is 17.7 Å². The maximum atomic E-state index is 10.9. The van der Waals surface area contributed by atoms with Crippen LogP contribution in [0.2, 0.25) is 0 Å². The van der Waals surface area contributed by atoms with Crippen LogP contribution in [-0.4, -0.2) is 16.1 Å². The number of aromatic nitrogens is 1.